The molecule has 0 bridgehead atoms. The van der Waals surface area contributed by atoms with Crippen molar-refractivity contribution in [2.45, 2.75) is 19.0 Å². The topological polar surface area (TPSA) is 119 Å². The molecule has 1 amide bonds. The highest BCUT2D eigenvalue weighted by molar-refractivity contribution is 6.46. The van der Waals surface area contributed by atoms with E-state index < -0.39 is 22.7 Å². The van der Waals surface area contributed by atoms with Crippen LogP contribution >= 0.6 is 12.4 Å². The number of carbonyl (C=O) groups excluding carboxylic acids is 2. The molecule has 0 radical (unpaired) electrons. The van der Waals surface area contributed by atoms with Gasteiger partial charge in [0.15, 0.2) is 0 Å². The molecule has 4 rings (SSSR count). The molecule has 1 aliphatic heterocycles. The summed E-state index contributed by atoms with van der Waals surface area (Å²) in [5.74, 6) is -1.87. The van der Waals surface area contributed by atoms with E-state index in [4.69, 9.17) is 0 Å². The fourth-order valence-electron chi connectivity index (χ4n) is 3.86. The quantitative estimate of drug-likeness (QED) is 0.185. The number of aliphatic hydroxyl groups excluding tert-OH is 1. The number of amides is 1. The lowest BCUT2D eigenvalue weighted by Gasteiger charge is -2.25. The van der Waals surface area contributed by atoms with E-state index in [9.17, 15) is 24.8 Å². The number of nitrogens with zero attached hydrogens (tertiary/aromatic N) is 4. The van der Waals surface area contributed by atoms with Crippen molar-refractivity contribution in [3.05, 3.63) is 100 Å². The first kappa shape index (κ1) is 23.7. The molecule has 3 aromatic rings. The number of carbonyl (C=O) groups is 2. The predicted octanol–water partition coefficient (Wildman–Crippen LogP) is 3.73. The molecule has 0 spiro atoms. The Kier molecular flexibility index (Phi) is 7.24. The summed E-state index contributed by atoms with van der Waals surface area (Å²) in [6.45, 7) is 0.797. The van der Waals surface area contributed by atoms with Crippen molar-refractivity contribution < 1.29 is 19.6 Å². The summed E-state index contributed by atoms with van der Waals surface area (Å²) in [4.78, 5) is 42.0. The highest BCUT2D eigenvalue weighted by Gasteiger charge is 2.46. The Balaban J connectivity index is 0.00000306. The van der Waals surface area contributed by atoms with Crippen LogP contribution in [0.2, 0.25) is 0 Å². The Morgan fingerprint density at radius 3 is 2.52 bits per heavy atom. The molecular formula is C23H21ClN4O5. The number of rotatable bonds is 7. The third-order valence-corrected chi connectivity index (χ3v) is 5.36. The van der Waals surface area contributed by atoms with Crippen LogP contribution in [0.5, 0.6) is 0 Å². The summed E-state index contributed by atoms with van der Waals surface area (Å²) in [7, 11) is 0. The molecule has 0 saturated carbocycles. The highest BCUT2D eigenvalue weighted by atomic mass is 35.5. The Morgan fingerprint density at radius 1 is 1.09 bits per heavy atom. The van der Waals surface area contributed by atoms with E-state index in [1.165, 1.54) is 23.1 Å². The maximum absolute atomic E-state index is 13.0. The Labute approximate surface area is 195 Å². The fourth-order valence-corrected chi connectivity index (χ4v) is 3.86. The van der Waals surface area contributed by atoms with E-state index in [1.807, 2.05) is 4.57 Å². The molecule has 0 aliphatic carbocycles. The van der Waals surface area contributed by atoms with E-state index in [0.29, 0.717) is 24.1 Å². The average molecular weight is 469 g/mol. The van der Waals surface area contributed by atoms with Crippen LogP contribution in [0, 0.1) is 10.1 Å². The minimum absolute atomic E-state index is 0. The number of aromatic nitrogens is 2. The highest BCUT2D eigenvalue weighted by Crippen LogP contribution is 2.40. The molecule has 1 fully saturated rings. The van der Waals surface area contributed by atoms with Crippen molar-refractivity contribution in [2.24, 2.45) is 0 Å². The van der Waals surface area contributed by atoms with Crippen molar-refractivity contribution in [3.8, 4) is 0 Å². The van der Waals surface area contributed by atoms with E-state index in [-0.39, 0.29) is 36.0 Å². The van der Waals surface area contributed by atoms with Crippen LogP contribution in [-0.2, 0) is 16.1 Å². The number of aryl methyl sites for hydroxylation is 1. The minimum Gasteiger partial charge on any atom is -0.507 e. The molecular weight excluding hydrogens is 448 g/mol. The van der Waals surface area contributed by atoms with Crippen LogP contribution in [-0.4, -0.2) is 42.7 Å². The smallest absolute Gasteiger partial charge is 0.295 e. The fraction of sp³-hybridized carbons (Fsp3) is 0.174. The van der Waals surface area contributed by atoms with Gasteiger partial charge in [0.2, 0.25) is 0 Å². The van der Waals surface area contributed by atoms with Crippen LogP contribution in [0.1, 0.15) is 23.6 Å². The average Bonchev–Trinajstić information content (AvgIpc) is 3.41. The van der Waals surface area contributed by atoms with Crippen LogP contribution in [0.25, 0.3) is 5.76 Å². The molecule has 1 aromatic heterocycles. The molecule has 9 nitrogen and oxygen atoms in total. The number of likely N-dealkylation sites (tertiary alicyclic amines) is 1. The van der Waals surface area contributed by atoms with Gasteiger partial charge in [0.25, 0.3) is 17.4 Å². The number of Topliss-reactive ketones (excluding diaryl/α,β-unsaturated/α-hetero) is 1. The number of benzene rings is 2. The number of nitro benzene ring substituents is 1. The molecule has 1 unspecified atom stereocenters. The van der Waals surface area contributed by atoms with E-state index in [0.717, 1.165) is 0 Å². The predicted molar refractivity (Wildman–Crippen MR) is 123 cm³/mol. The molecule has 33 heavy (non-hydrogen) atoms. The maximum Gasteiger partial charge on any atom is 0.295 e. The third kappa shape index (κ3) is 4.78. The SMILES string of the molecule is Cl.O=C1C(=O)N(CCCn2ccnc2)C(c2cccc([N+](=O)[O-])c2)C1=C(O)c1ccccc1. The normalized spacial score (nSPS) is 17.1. The number of aliphatic hydroxyl groups is 1. The minimum atomic E-state index is -0.933. The summed E-state index contributed by atoms with van der Waals surface area (Å²) in [5.41, 5.74) is 0.536. The van der Waals surface area contributed by atoms with Gasteiger partial charge >= 0.3 is 0 Å². The standard InChI is InChI=1S/C23H20N4O5.ClH/c28-21(16-6-2-1-3-7-16)19-20(17-8-4-9-18(14-17)27(31)32)26(23(30)22(19)29)12-5-11-25-13-10-24-15-25;/h1-4,6-10,13-15,20,28H,5,11-12H2;1H. The van der Waals surface area contributed by atoms with Gasteiger partial charge in [0.1, 0.15) is 5.76 Å². The van der Waals surface area contributed by atoms with E-state index in [2.05, 4.69) is 4.98 Å². The summed E-state index contributed by atoms with van der Waals surface area (Å²) < 4.78 is 1.85. The second-order valence-electron chi connectivity index (χ2n) is 7.36. The van der Waals surface area contributed by atoms with Gasteiger partial charge in [-0.15, -0.1) is 12.4 Å². The van der Waals surface area contributed by atoms with E-state index in [1.54, 1.807) is 55.1 Å². The van der Waals surface area contributed by atoms with Crippen molar-refractivity contribution in [1.82, 2.24) is 14.5 Å². The Hall–Kier alpha value is -3.98. The Bertz CT molecular complexity index is 1190. The molecule has 1 atom stereocenters. The van der Waals surface area contributed by atoms with Crippen molar-refractivity contribution in [3.63, 3.8) is 0 Å². The number of imidazole rings is 1. The van der Waals surface area contributed by atoms with Crippen LogP contribution in [0.4, 0.5) is 5.69 Å². The van der Waals surface area contributed by atoms with Crippen LogP contribution in [0.15, 0.2) is 78.9 Å². The third-order valence-electron chi connectivity index (χ3n) is 5.36. The largest absolute Gasteiger partial charge is 0.507 e. The van der Waals surface area contributed by atoms with Crippen molar-refractivity contribution >= 4 is 35.5 Å². The lowest BCUT2D eigenvalue weighted by Crippen LogP contribution is -2.31. The summed E-state index contributed by atoms with van der Waals surface area (Å²) in [6.07, 6.45) is 5.62. The summed E-state index contributed by atoms with van der Waals surface area (Å²) in [6, 6.07) is 13.3. The number of ketones is 1. The number of hydrogen-bond acceptors (Lipinski definition) is 6. The zero-order valence-electron chi connectivity index (χ0n) is 17.4. The molecule has 2 aromatic carbocycles. The first-order chi connectivity index (χ1) is 15.5. The molecule has 1 aliphatic rings. The molecule has 170 valence electrons. The van der Waals surface area contributed by atoms with Crippen molar-refractivity contribution in [2.75, 3.05) is 6.54 Å². The van der Waals surface area contributed by atoms with Gasteiger partial charge < -0.3 is 14.6 Å². The second-order valence-corrected chi connectivity index (χ2v) is 7.36. The zero-order chi connectivity index (χ0) is 22.7. The van der Waals surface area contributed by atoms with Gasteiger partial charge in [0.05, 0.1) is 22.9 Å². The van der Waals surface area contributed by atoms with E-state index >= 15 is 0 Å². The first-order valence-corrected chi connectivity index (χ1v) is 10.0. The first-order valence-electron chi connectivity index (χ1n) is 10.0. The number of hydrogen-bond donors (Lipinski definition) is 1. The van der Waals surface area contributed by atoms with Gasteiger partial charge in [-0.3, -0.25) is 19.7 Å². The Morgan fingerprint density at radius 2 is 1.85 bits per heavy atom. The second kappa shape index (κ2) is 10.1. The van der Waals surface area contributed by atoms with Crippen LogP contribution in [0.3, 0.4) is 0 Å². The van der Waals surface area contributed by atoms with Crippen molar-refractivity contribution in [1.29, 1.82) is 0 Å². The van der Waals surface area contributed by atoms with Gasteiger partial charge in [-0.05, 0) is 12.0 Å². The number of halogens is 1. The molecule has 10 heteroatoms. The number of nitro groups is 1. The van der Waals surface area contributed by atoms with Gasteiger partial charge in [-0.25, -0.2) is 4.98 Å². The summed E-state index contributed by atoms with van der Waals surface area (Å²) >= 11 is 0. The zero-order valence-corrected chi connectivity index (χ0v) is 18.2. The number of non-ortho nitro benzene ring substituents is 1. The lowest BCUT2D eigenvalue weighted by atomic mass is 9.95. The molecule has 1 N–H and O–H groups in total. The van der Waals surface area contributed by atoms with Gasteiger partial charge in [-0.1, -0.05) is 42.5 Å². The van der Waals surface area contributed by atoms with Crippen LogP contribution < -0.4 is 0 Å². The van der Waals surface area contributed by atoms with Gasteiger partial charge in [0, 0.05) is 43.2 Å². The molecule has 1 saturated heterocycles. The molecule has 2 heterocycles. The van der Waals surface area contributed by atoms with Gasteiger partial charge in [-0.2, -0.15) is 0 Å². The monoisotopic (exact) mass is 468 g/mol. The summed E-state index contributed by atoms with van der Waals surface area (Å²) in [5, 5.41) is 22.3. The lowest BCUT2D eigenvalue weighted by molar-refractivity contribution is -0.384. The maximum atomic E-state index is 13.0.